The van der Waals surface area contributed by atoms with Gasteiger partial charge in [-0.2, -0.15) is 0 Å². The maximum atomic E-state index is 12.4. The number of halogens is 2. The smallest absolute Gasteiger partial charge is 0.252 e. The highest BCUT2D eigenvalue weighted by Gasteiger charge is 2.29. The van der Waals surface area contributed by atoms with Crippen molar-refractivity contribution in [3.05, 3.63) is 32.9 Å². The molecule has 0 aromatic heterocycles. The van der Waals surface area contributed by atoms with Gasteiger partial charge in [-0.25, -0.2) is 0 Å². The zero-order chi connectivity index (χ0) is 13.2. The number of amides is 1. The average Bonchev–Trinajstić information content (AvgIpc) is 2.33. The van der Waals surface area contributed by atoms with Gasteiger partial charge < -0.3 is 10.6 Å². The molecule has 0 atom stereocenters. The maximum Gasteiger partial charge on any atom is 0.252 e. The number of hydrogen-bond donors (Lipinski definition) is 2. The molecule has 0 aliphatic carbocycles. The molecule has 1 amide bonds. The molecule has 106 valence electrons. The zero-order valence-electron chi connectivity index (χ0n) is 11.3. The van der Waals surface area contributed by atoms with Gasteiger partial charge in [0, 0.05) is 9.11 Å². The highest BCUT2D eigenvalue weighted by Crippen LogP contribution is 2.21. The normalized spacial score (nSPS) is 17.4. The molecule has 0 saturated carbocycles. The Labute approximate surface area is 134 Å². The molecule has 1 aromatic rings. The molecule has 3 nitrogen and oxygen atoms in total. The second-order valence-electron chi connectivity index (χ2n) is 5.20. The van der Waals surface area contributed by atoms with Crippen molar-refractivity contribution < 1.29 is 4.79 Å². The molecule has 0 bridgehead atoms. The van der Waals surface area contributed by atoms with Crippen molar-refractivity contribution in [1.29, 1.82) is 0 Å². The Kier molecular flexibility index (Phi) is 6.08. The number of rotatable bonds is 2. The minimum Gasteiger partial charge on any atom is -0.347 e. The predicted octanol–water partition coefficient (Wildman–Crippen LogP) is 2.89. The molecule has 1 aromatic carbocycles. The van der Waals surface area contributed by atoms with E-state index in [1.807, 2.05) is 25.1 Å². The van der Waals surface area contributed by atoms with Gasteiger partial charge >= 0.3 is 0 Å². The number of aryl methyl sites for hydroxylation is 1. The van der Waals surface area contributed by atoms with Crippen LogP contribution in [0.2, 0.25) is 0 Å². The fourth-order valence-electron chi connectivity index (χ4n) is 2.27. The van der Waals surface area contributed by atoms with E-state index in [1.165, 1.54) is 0 Å². The Hall–Kier alpha value is -0.330. The summed E-state index contributed by atoms with van der Waals surface area (Å²) in [6, 6.07) is 5.87. The van der Waals surface area contributed by atoms with E-state index in [1.54, 1.807) is 0 Å². The fourth-order valence-corrected chi connectivity index (χ4v) is 2.87. The summed E-state index contributed by atoms with van der Waals surface area (Å²) in [6.45, 7) is 6.11. The summed E-state index contributed by atoms with van der Waals surface area (Å²) < 4.78 is 1.05. The predicted molar refractivity (Wildman–Crippen MR) is 89.1 cm³/mol. The van der Waals surface area contributed by atoms with E-state index in [2.05, 4.69) is 40.1 Å². The average molecular weight is 395 g/mol. The number of nitrogens with one attached hydrogen (secondary N) is 2. The quantitative estimate of drug-likeness (QED) is 0.757. The lowest BCUT2D eigenvalue weighted by Crippen LogP contribution is -2.52. The molecule has 0 spiro atoms. The van der Waals surface area contributed by atoms with Crippen LogP contribution in [0.1, 0.15) is 35.7 Å². The van der Waals surface area contributed by atoms with Gasteiger partial charge in [-0.05, 0) is 74.0 Å². The zero-order valence-corrected chi connectivity index (χ0v) is 14.2. The minimum absolute atomic E-state index is 0. The molecule has 1 heterocycles. The number of carbonyl (C=O) groups excluding carboxylic acids is 1. The molecule has 1 saturated heterocycles. The summed E-state index contributed by atoms with van der Waals surface area (Å²) >= 11 is 2.25. The van der Waals surface area contributed by atoms with Crippen LogP contribution < -0.4 is 10.6 Å². The lowest BCUT2D eigenvalue weighted by molar-refractivity contribution is 0.0886. The summed E-state index contributed by atoms with van der Waals surface area (Å²) in [5, 5.41) is 6.52. The Morgan fingerprint density at radius 3 is 2.63 bits per heavy atom. The van der Waals surface area contributed by atoms with E-state index < -0.39 is 0 Å². The Bertz CT molecular complexity index is 459. The summed E-state index contributed by atoms with van der Waals surface area (Å²) in [5.74, 6) is 0.0486. The second kappa shape index (κ2) is 6.90. The van der Waals surface area contributed by atoms with Crippen LogP contribution in [0.3, 0.4) is 0 Å². The number of hydrogen-bond acceptors (Lipinski definition) is 2. The monoisotopic (exact) mass is 394 g/mol. The van der Waals surface area contributed by atoms with Gasteiger partial charge in [0.15, 0.2) is 0 Å². The van der Waals surface area contributed by atoms with E-state index in [0.717, 1.165) is 40.6 Å². The molecule has 5 heteroatoms. The molecule has 2 rings (SSSR count). The van der Waals surface area contributed by atoms with E-state index in [9.17, 15) is 4.79 Å². The Morgan fingerprint density at radius 1 is 1.37 bits per heavy atom. The van der Waals surface area contributed by atoms with E-state index in [-0.39, 0.29) is 23.9 Å². The molecule has 1 aliphatic rings. The number of benzene rings is 1. The van der Waals surface area contributed by atoms with Gasteiger partial charge in [0.1, 0.15) is 0 Å². The molecule has 2 N–H and O–H groups in total. The summed E-state index contributed by atoms with van der Waals surface area (Å²) in [7, 11) is 0. The van der Waals surface area contributed by atoms with Crippen LogP contribution in [0.15, 0.2) is 18.2 Å². The van der Waals surface area contributed by atoms with Gasteiger partial charge in [-0.1, -0.05) is 12.1 Å². The summed E-state index contributed by atoms with van der Waals surface area (Å²) in [6.07, 6.45) is 1.97. The number of carbonyl (C=O) groups is 1. The molecular weight excluding hydrogens is 375 g/mol. The van der Waals surface area contributed by atoms with Crippen molar-refractivity contribution in [2.75, 3.05) is 13.1 Å². The van der Waals surface area contributed by atoms with E-state index in [0.29, 0.717) is 0 Å². The largest absolute Gasteiger partial charge is 0.347 e. The van der Waals surface area contributed by atoms with Crippen LogP contribution in [0, 0.1) is 10.5 Å². The molecule has 1 fully saturated rings. The molecule has 0 unspecified atom stereocenters. The third kappa shape index (κ3) is 4.07. The molecule has 19 heavy (non-hydrogen) atoms. The van der Waals surface area contributed by atoms with Crippen LogP contribution >= 0.6 is 35.0 Å². The fraction of sp³-hybridized carbons (Fsp3) is 0.500. The van der Waals surface area contributed by atoms with Gasteiger partial charge in [-0.3, -0.25) is 4.79 Å². The highest BCUT2D eigenvalue weighted by molar-refractivity contribution is 14.1. The first-order chi connectivity index (χ1) is 8.52. The topological polar surface area (TPSA) is 41.1 Å². The van der Waals surface area contributed by atoms with Crippen molar-refractivity contribution in [2.24, 2.45) is 0 Å². The highest BCUT2D eigenvalue weighted by atomic mass is 127. The number of piperidine rings is 1. The van der Waals surface area contributed by atoms with Crippen LogP contribution in [-0.4, -0.2) is 24.5 Å². The molecular formula is C14H20ClIN2O. The first kappa shape index (κ1) is 16.7. The Balaban J connectivity index is 0.00000180. The van der Waals surface area contributed by atoms with Gasteiger partial charge in [0.25, 0.3) is 5.91 Å². The van der Waals surface area contributed by atoms with Gasteiger partial charge in [0.05, 0.1) is 5.56 Å². The van der Waals surface area contributed by atoms with Crippen molar-refractivity contribution in [2.45, 2.75) is 32.2 Å². The van der Waals surface area contributed by atoms with E-state index >= 15 is 0 Å². The second-order valence-corrected chi connectivity index (χ2v) is 6.28. The van der Waals surface area contributed by atoms with Crippen molar-refractivity contribution in [1.82, 2.24) is 10.6 Å². The summed E-state index contributed by atoms with van der Waals surface area (Å²) in [4.78, 5) is 12.4. The van der Waals surface area contributed by atoms with Gasteiger partial charge in [-0.15, -0.1) is 12.4 Å². The lowest BCUT2D eigenvalue weighted by atomic mass is 9.90. The van der Waals surface area contributed by atoms with Crippen molar-refractivity contribution in [3.8, 4) is 0 Å². The summed E-state index contributed by atoms with van der Waals surface area (Å²) in [5.41, 5.74) is 1.86. The first-order valence-corrected chi connectivity index (χ1v) is 7.38. The standard InChI is InChI=1S/C14H19IN2O.ClH/c1-10-4-3-5-11(12(10)15)13(18)17-14(2)6-8-16-9-7-14;/h3-5,16H,6-9H2,1-2H3,(H,17,18);1H. The van der Waals surface area contributed by atoms with Crippen LogP contribution in [0.4, 0.5) is 0 Å². The third-order valence-electron chi connectivity index (χ3n) is 3.56. The maximum absolute atomic E-state index is 12.4. The van der Waals surface area contributed by atoms with Crippen molar-refractivity contribution in [3.63, 3.8) is 0 Å². The van der Waals surface area contributed by atoms with Gasteiger partial charge in [0.2, 0.25) is 0 Å². The molecule has 0 radical (unpaired) electrons. The van der Waals surface area contributed by atoms with Crippen molar-refractivity contribution >= 4 is 40.9 Å². The SMILES string of the molecule is Cc1cccc(C(=O)NC2(C)CCNCC2)c1I.Cl. The van der Waals surface area contributed by atoms with Crippen LogP contribution in [-0.2, 0) is 0 Å². The Morgan fingerprint density at radius 2 is 2.00 bits per heavy atom. The lowest BCUT2D eigenvalue weighted by Gasteiger charge is -2.35. The van der Waals surface area contributed by atoms with E-state index in [4.69, 9.17) is 0 Å². The first-order valence-electron chi connectivity index (χ1n) is 6.30. The van der Waals surface area contributed by atoms with Crippen LogP contribution in [0.25, 0.3) is 0 Å². The minimum atomic E-state index is -0.0742. The third-order valence-corrected chi connectivity index (χ3v) is 4.99. The molecule has 1 aliphatic heterocycles. The van der Waals surface area contributed by atoms with Crippen LogP contribution in [0.5, 0.6) is 0 Å².